The maximum Gasteiger partial charge on any atom is 0.0615 e. The van der Waals surface area contributed by atoms with Crippen LogP contribution in [-0.2, 0) is 9.47 Å². The van der Waals surface area contributed by atoms with Crippen LogP contribution in [0.3, 0.4) is 0 Å². The molecular weight excluding hydrogens is 232 g/mol. The highest BCUT2D eigenvalue weighted by molar-refractivity contribution is 4.97. The summed E-state index contributed by atoms with van der Waals surface area (Å²) >= 11 is 0. The van der Waals surface area contributed by atoms with Crippen molar-refractivity contribution in [1.82, 2.24) is 4.90 Å². The molecule has 1 aliphatic carbocycles. The van der Waals surface area contributed by atoms with Crippen LogP contribution in [0, 0.1) is 0 Å². The van der Waals surface area contributed by atoms with E-state index in [1.807, 2.05) is 0 Å². The number of aliphatic hydroxyl groups excluding tert-OH is 1. The van der Waals surface area contributed by atoms with E-state index in [1.165, 1.54) is 0 Å². The first-order valence-electron chi connectivity index (χ1n) is 6.69. The van der Waals surface area contributed by atoms with E-state index in [0.717, 1.165) is 25.8 Å². The third-order valence-electron chi connectivity index (χ3n) is 3.93. The van der Waals surface area contributed by atoms with Gasteiger partial charge >= 0.3 is 0 Å². The molecule has 0 aromatic heterocycles. The minimum absolute atomic E-state index is 0.0697. The highest BCUT2D eigenvalue weighted by atomic mass is 16.5. The molecule has 0 aromatic carbocycles. The maximum atomic E-state index is 9.35. The number of nitrogens with zero attached hydrogens (tertiary/aromatic N) is 1. The van der Waals surface area contributed by atoms with Crippen LogP contribution in [0.15, 0.2) is 0 Å². The Hall–Kier alpha value is -0.200. The second kappa shape index (κ2) is 7.40. The van der Waals surface area contributed by atoms with Gasteiger partial charge in [-0.25, -0.2) is 0 Å². The van der Waals surface area contributed by atoms with Gasteiger partial charge in [0.1, 0.15) is 0 Å². The zero-order chi connectivity index (χ0) is 13.6. The lowest BCUT2D eigenvalue weighted by atomic mass is 10.00. The van der Waals surface area contributed by atoms with Crippen LogP contribution in [-0.4, -0.2) is 68.2 Å². The van der Waals surface area contributed by atoms with Crippen molar-refractivity contribution in [2.45, 2.75) is 43.8 Å². The minimum atomic E-state index is -0.400. The molecule has 3 atom stereocenters. The Morgan fingerprint density at radius 2 is 2.17 bits per heavy atom. The first kappa shape index (κ1) is 15.9. The molecule has 1 aliphatic rings. The Morgan fingerprint density at radius 1 is 1.44 bits per heavy atom. The van der Waals surface area contributed by atoms with Gasteiger partial charge in [-0.05, 0) is 26.2 Å². The van der Waals surface area contributed by atoms with Crippen LogP contribution < -0.4 is 5.73 Å². The van der Waals surface area contributed by atoms with Crippen molar-refractivity contribution in [2.24, 2.45) is 5.73 Å². The maximum absolute atomic E-state index is 9.35. The molecule has 0 spiro atoms. The zero-order valence-corrected chi connectivity index (χ0v) is 11.9. The number of nitrogens with two attached hydrogens (primary N) is 1. The molecule has 3 unspecified atom stereocenters. The van der Waals surface area contributed by atoms with Gasteiger partial charge in [0, 0.05) is 38.4 Å². The summed E-state index contributed by atoms with van der Waals surface area (Å²) in [6, 6.07) is 0.763. The van der Waals surface area contributed by atoms with Crippen LogP contribution in [0.4, 0.5) is 0 Å². The van der Waals surface area contributed by atoms with Crippen LogP contribution in [0.25, 0.3) is 0 Å². The van der Waals surface area contributed by atoms with E-state index < -0.39 is 5.54 Å². The first-order valence-corrected chi connectivity index (χ1v) is 6.69. The lowest BCUT2D eigenvalue weighted by Gasteiger charge is -2.35. The lowest BCUT2D eigenvalue weighted by Crippen LogP contribution is -2.47. The molecule has 1 rings (SSSR count). The summed E-state index contributed by atoms with van der Waals surface area (Å²) < 4.78 is 10.4. The van der Waals surface area contributed by atoms with Gasteiger partial charge in [0.25, 0.3) is 0 Å². The van der Waals surface area contributed by atoms with Crippen LogP contribution in [0.2, 0.25) is 0 Å². The van der Waals surface area contributed by atoms with Gasteiger partial charge in [0.2, 0.25) is 0 Å². The molecule has 0 aromatic rings. The standard InChI is InChI=1S/C13H28N2O3/c1-11(9-18-3)15(6-7-17-2)12-4-5-13(14,8-12)10-16/h11-12,16H,4-10,14H2,1-3H3. The predicted octanol–water partition coefficient (Wildman–Crippen LogP) is 0.212. The van der Waals surface area contributed by atoms with Crippen molar-refractivity contribution >= 4 is 0 Å². The molecule has 0 heterocycles. The molecule has 3 N–H and O–H groups in total. The van der Waals surface area contributed by atoms with Gasteiger partial charge < -0.3 is 20.3 Å². The number of aliphatic hydroxyl groups is 1. The number of rotatable bonds is 8. The molecule has 18 heavy (non-hydrogen) atoms. The van der Waals surface area contributed by atoms with E-state index in [9.17, 15) is 5.11 Å². The molecule has 1 saturated carbocycles. The Bertz CT molecular complexity index is 240. The van der Waals surface area contributed by atoms with Crippen LogP contribution >= 0.6 is 0 Å². The van der Waals surface area contributed by atoms with Gasteiger partial charge in [0.05, 0.1) is 19.8 Å². The monoisotopic (exact) mass is 260 g/mol. The molecule has 0 bridgehead atoms. The summed E-state index contributed by atoms with van der Waals surface area (Å²) in [6.07, 6.45) is 2.77. The van der Waals surface area contributed by atoms with E-state index in [0.29, 0.717) is 25.3 Å². The molecular formula is C13H28N2O3. The summed E-state index contributed by atoms with van der Waals surface area (Å²) in [7, 11) is 3.44. The van der Waals surface area contributed by atoms with Crippen LogP contribution in [0.5, 0.6) is 0 Å². The van der Waals surface area contributed by atoms with E-state index in [1.54, 1.807) is 14.2 Å². The average molecular weight is 260 g/mol. The summed E-state index contributed by atoms with van der Waals surface area (Å²) in [5.74, 6) is 0. The van der Waals surface area contributed by atoms with Crippen molar-refractivity contribution in [1.29, 1.82) is 0 Å². The van der Waals surface area contributed by atoms with Gasteiger partial charge in [0.15, 0.2) is 0 Å². The highest BCUT2D eigenvalue weighted by Crippen LogP contribution is 2.31. The van der Waals surface area contributed by atoms with E-state index in [-0.39, 0.29) is 6.61 Å². The molecule has 5 nitrogen and oxygen atoms in total. The number of ether oxygens (including phenoxy) is 2. The Balaban J connectivity index is 2.60. The van der Waals surface area contributed by atoms with Crippen molar-refractivity contribution in [3.8, 4) is 0 Å². The Morgan fingerprint density at radius 3 is 2.67 bits per heavy atom. The van der Waals surface area contributed by atoms with Crippen molar-refractivity contribution < 1.29 is 14.6 Å². The quantitative estimate of drug-likeness (QED) is 0.653. The Kier molecular flexibility index (Phi) is 6.52. The van der Waals surface area contributed by atoms with Gasteiger partial charge in [-0.2, -0.15) is 0 Å². The average Bonchev–Trinajstić information content (AvgIpc) is 2.74. The number of hydrogen-bond acceptors (Lipinski definition) is 5. The van der Waals surface area contributed by atoms with E-state index in [4.69, 9.17) is 15.2 Å². The number of hydrogen-bond donors (Lipinski definition) is 2. The smallest absolute Gasteiger partial charge is 0.0615 e. The largest absolute Gasteiger partial charge is 0.394 e. The molecule has 0 radical (unpaired) electrons. The van der Waals surface area contributed by atoms with Crippen molar-refractivity contribution in [3.05, 3.63) is 0 Å². The lowest BCUT2D eigenvalue weighted by molar-refractivity contribution is 0.0454. The zero-order valence-electron chi connectivity index (χ0n) is 11.9. The summed E-state index contributed by atoms with van der Waals surface area (Å²) in [4.78, 5) is 2.40. The topological polar surface area (TPSA) is 68.0 Å². The van der Waals surface area contributed by atoms with Gasteiger partial charge in [-0.15, -0.1) is 0 Å². The second-order valence-electron chi connectivity index (χ2n) is 5.45. The normalized spacial score (nSPS) is 30.0. The van der Waals surface area contributed by atoms with E-state index in [2.05, 4.69) is 11.8 Å². The fraction of sp³-hybridized carbons (Fsp3) is 1.00. The highest BCUT2D eigenvalue weighted by Gasteiger charge is 2.38. The molecule has 5 heteroatoms. The van der Waals surface area contributed by atoms with Gasteiger partial charge in [-0.3, -0.25) is 4.90 Å². The number of methoxy groups -OCH3 is 2. The molecule has 0 amide bonds. The summed E-state index contributed by atoms with van der Waals surface area (Å²) in [5, 5.41) is 9.35. The van der Waals surface area contributed by atoms with Crippen LogP contribution in [0.1, 0.15) is 26.2 Å². The Labute approximate surface area is 110 Å². The second-order valence-corrected chi connectivity index (χ2v) is 5.45. The predicted molar refractivity (Wildman–Crippen MR) is 71.6 cm³/mol. The third-order valence-corrected chi connectivity index (χ3v) is 3.93. The van der Waals surface area contributed by atoms with Gasteiger partial charge in [-0.1, -0.05) is 0 Å². The summed E-state index contributed by atoms with van der Waals surface area (Å²) in [6.45, 7) is 4.53. The van der Waals surface area contributed by atoms with Crippen molar-refractivity contribution in [3.63, 3.8) is 0 Å². The van der Waals surface area contributed by atoms with E-state index >= 15 is 0 Å². The fourth-order valence-electron chi connectivity index (χ4n) is 2.85. The third kappa shape index (κ3) is 4.17. The SMILES string of the molecule is COCCN(C(C)COC)C1CCC(N)(CO)C1. The minimum Gasteiger partial charge on any atom is -0.394 e. The molecule has 1 fully saturated rings. The summed E-state index contributed by atoms with van der Waals surface area (Å²) in [5.41, 5.74) is 5.75. The van der Waals surface area contributed by atoms with Crippen molar-refractivity contribution in [2.75, 3.05) is 40.6 Å². The first-order chi connectivity index (χ1) is 8.56. The molecule has 0 saturated heterocycles. The molecule has 108 valence electrons. The fourth-order valence-corrected chi connectivity index (χ4v) is 2.85. The molecule has 0 aliphatic heterocycles.